The second-order valence-electron chi connectivity index (χ2n) is 9.66. The van der Waals surface area contributed by atoms with Crippen molar-refractivity contribution in [3.8, 4) is 11.3 Å². The van der Waals surface area contributed by atoms with E-state index < -0.39 is 7.26 Å². The zero-order valence-electron chi connectivity index (χ0n) is 22.0. The number of carbonyl (C=O) groups is 1. The number of benzene rings is 4. The van der Waals surface area contributed by atoms with Crippen molar-refractivity contribution < 1.29 is 4.79 Å². The van der Waals surface area contributed by atoms with Crippen molar-refractivity contribution in [2.75, 3.05) is 11.5 Å². The molecule has 0 saturated carbocycles. The fraction of sp³-hybridized carbons (Fsp3) is 0.147. The van der Waals surface area contributed by atoms with Crippen LogP contribution < -0.4 is 15.9 Å². The molecular formula is C34H33N3OP+. The molecule has 5 heteroatoms. The molecule has 0 fully saturated rings. The van der Waals surface area contributed by atoms with E-state index in [2.05, 4.69) is 106 Å². The molecule has 0 spiro atoms. The third-order valence-corrected chi connectivity index (χ3v) is 11.5. The normalized spacial score (nSPS) is 11.2. The molecule has 0 aliphatic rings. The molecule has 0 radical (unpaired) electrons. The Balaban J connectivity index is 1.26. The molecule has 5 aromatic rings. The molecule has 194 valence electrons. The smallest absolute Gasteiger partial charge is 0.225 e. The minimum absolute atomic E-state index is 0.0248. The number of nitrogens with one attached hydrogen (secondary N) is 1. The van der Waals surface area contributed by atoms with Crippen LogP contribution in [0.2, 0.25) is 0 Å². The van der Waals surface area contributed by atoms with E-state index in [-0.39, 0.29) is 5.91 Å². The number of hydrogen-bond acceptors (Lipinski definition) is 3. The number of anilines is 1. The molecule has 0 aliphatic heterocycles. The topological polar surface area (TPSA) is 54.9 Å². The van der Waals surface area contributed by atoms with Crippen LogP contribution in [0.25, 0.3) is 11.3 Å². The zero-order valence-corrected chi connectivity index (χ0v) is 22.9. The average molecular weight is 531 g/mol. The van der Waals surface area contributed by atoms with Crippen LogP contribution in [0.1, 0.15) is 24.8 Å². The lowest BCUT2D eigenvalue weighted by atomic mass is 10.2. The molecule has 1 N–H and O–H groups in total. The summed E-state index contributed by atoms with van der Waals surface area (Å²) in [5.74, 6) is 0.461. The molecule has 0 unspecified atom stereocenters. The Kier molecular flexibility index (Phi) is 8.88. The van der Waals surface area contributed by atoms with Gasteiger partial charge in [-0.1, -0.05) is 97.1 Å². The van der Waals surface area contributed by atoms with E-state index in [4.69, 9.17) is 0 Å². The van der Waals surface area contributed by atoms with Gasteiger partial charge in [-0.3, -0.25) is 9.78 Å². The third-order valence-electron chi connectivity index (χ3n) is 6.98. The summed E-state index contributed by atoms with van der Waals surface area (Å²) in [6.07, 6.45) is 7.63. The van der Waals surface area contributed by atoms with Gasteiger partial charge in [0.05, 0.1) is 48.3 Å². The molecule has 4 nitrogen and oxygen atoms in total. The standard InChI is InChI=1S/C34H32N3OP/c38-34(37-33-26-35-32(25-36-33)29-17-7-2-8-18-29)23-13-14-24-39(30-19-9-3-10-20-30,31-21-11-4-12-22-31)27-28-15-5-1-6-16-28/h1-12,15-22,25-26H,13-14,23-24,27H2/p+1. The monoisotopic (exact) mass is 530 g/mol. The maximum atomic E-state index is 12.8. The maximum Gasteiger partial charge on any atom is 0.225 e. The number of carbonyl (C=O) groups excluding carboxylic acids is 1. The summed E-state index contributed by atoms with van der Waals surface area (Å²) < 4.78 is 0. The summed E-state index contributed by atoms with van der Waals surface area (Å²) >= 11 is 0. The van der Waals surface area contributed by atoms with E-state index in [1.165, 1.54) is 16.2 Å². The Hall–Kier alpha value is -4.14. The highest BCUT2D eigenvalue weighted by atomic mass is 31.2. The maximum absolute atomic E-state index is 12.8. The molecule has 39 heavy (non-hydrogen) atoms. The van der Waals surface area contributed by atoms with E-state index in [1.54, 1.807) is 12.4 Å². The van der Waals surface area contributed by atoms with E-state index in [9.17, 15) is 4.79 Å². The quantitative estimate of drug-likeness (QED) is 0.146. The molecule has 0 bridgehead atoms. The Labute approximate surface area is 231 Å². The number of nitrogens with zero attached hydrogens (tertiary/aromatic N) is 2. The van der Waals surface area contributed by atoms with Gasteiger partial charge < -0.3 is 5.32 Å². The van der Waals surface area contributed by atoms with Gasteiger partial charge in [0, 0.05) is 12.0 Å². The van der Waals surface area contributed by atoms with Crippen molar-refractivity contribution in [1.29, 1.82) is 0 Å². The van der Waals surface area contributed by atoms with Crippen molar-refractivity contribution in [2.24, 2.45) is 0 Å². The lowest BCUT2D eigenvalue weighted by Gasteiger charge is -2.28. The first-order chi connectivity index (χ1) is 19.2. The molecule has 0 aliphatic carbocycles. The van der Waals surface area contributed by atoms with Crippen LogP contribution in [-0.2, 0) is 11.0 Å². The number of rotatable bonds is 11. The highest BCUT2D eigenvalue weighted by molar-refractivity contribution is 7.88. The van der Waals surface area contributed by atoms with Crippen molar-refractivity contribution in [3.05, 3.63) is 139 Å². The Bertz CT molecular complexity index is 1410. The van der Waals surface area contributed by atoms with Gasteiger partial charge >= 0.3 is 0 Å². The largest absolute Gasteiger partial charge is 0.309 e. The SMILES string of the molecule is O=C(CCCC[P+](Cc1ccccc1)(c1ccccc1)c1ccccc1)Nc1cnc(-c2ccccc2)cn1. The number of aromatic nitrogens is 2. The van der Waals surface area contributed by atoms with Crippen molar-refractivity contribution in [1.82, 2.24) is 9.97 Å². The molecule has 5 rings (SSSR count). The summed E-state index contributed by atoms with van der Waals surface area (Å²) in [5.41, 5.74) is 3.14. The van der Waals surface area contributed by atoms with Crippen LogP contribution >= 0.6 is 7.26 Å². The van der Waals surface area contributed by atoms with Gasteiger partial charge in [0.1, 0.15) is 0 Å². The molecular weight excluding hydrogens is 497 g/mol. The van der Waals surface area contributed by atoms with Gasteiger partial charge in [0.15, 0.2) is 5.82 Å². The summed E-state index contributed by atoms with van der Waals surface area (Å²) in [4.78, 5) is 21.6. The Morgan fingerprint density at radius 1 is 0.641 bits per heavy atom. The minimum Gasteiger partial charge on any atom is -0.309 e. The van der Waals surface area contributed by atoms with Crippen LogP contribution in [0.3, 0.4) is 0 Å². The number of amides is 1. The average Bonchev–Trinajstić information content (AvgIpc) is 3.01. The van der Waals surface area contributed by atoms with E-state index >= 15 is 0 Å². The van der Waals surface area contributed by atoms with E-state index in [1.807, 2.05) is 30.3 Å². The summed E-state index contributed by atoms with van der Waals surface area (Å²) in [7, 11) is -1.74. The fourth-order valence-corrected chi connectivity index (χ4v) is 9.43. The minimum atomic E-state index is -1.74. The first kappa shape index (κ1) is 26.5. The summed E-state index contributed by atoms with van der Waals surface area (Å²) in [5, 5.41) is 5.75. The van der Waals surface area contributed by atoms with Crippen LogP contribution in [0, 0.1) is 0 Å². The molecule has 1 aromatic heterocycles. The van der Waals surface area contributed by atoms with E-state index in [0.717, 1.165) is 36.4 Å². The fourth-order valence-electron chi connectivity index (χ4n) is 5.01. The van der Waals surface area contributed by atoms with Crippen LogP contribution in [0.15, 0.2) is 134 Å². The van der Waals surface area contributed by atoms with Crippen LogP contribution in [0.5, 0.6) is 0 Å². The first-order valence-electron chi connectivity index (χ1n) is 13.4. The molecule has 0 atom stereocenters. The molecule has 4 aromatic carbocycles. The van der Waals surface area contributed by atoms with Crippen molar-refractivity contribution in [3.63, 3.8) is 0 Å². The first-order valence-corrected chi connectivity index (χ1v) is 15.6. The highest BCUT2D eigenvalue weighted by Gasteiger charge is 2.42. The molecule has 0 saturated heterocycles. The van der Waals surface area contributed by atoms with Gasteiger partial charge in [-0.05, 0) is 42.7 Å². The van der Waals surface area contributed by atoms with Gasteiger partial charge in [0.25, 0.3) is 0 Å². The number of hydrogen-bond donors (Lipinski definition) is 1. The van der Waals surface area contributed by atoms with Gasteiger partial charge in [-0.25, -0.2) is 4.98 Å². The Morgan fingerprint density at radius 2 is 1.21 bits per heavy atom. The predicted molar refractivity (Wildman–Crippen MR) is 164 cm³/mol. The van der Waals surface area contributed by atoms with Crippen molar-refractivity contribution >= 4 is 29.6 Å². The second kappa shape index (κ2) is 13.1. The molecule has 1 heterocycles. The van der Waals surface area contributed by atoms with Gasteiger partial charge in [-0.15, -0.1) is 0 Å². The Morgan fingerprint density at radius 3 is 1.77 bits per heavy atom. The zero-order chi connectivity index (χ0) is 26.8. The van der Waals surface area contributed by atoms with Gasteiger partial charge in [-0.2, -0.15) is 0 Å². The van der Waals surface area contributed by atoms with Gasteiger partial charge in [0.2, 0.25) is 5.91 Å². The molecule has 1 amide bonds. The second-order valence-corrected chi connectivity index (χ2v) is 13.4. The summed E-state index contributed by atoms with van der Waals surface area (Å²) in [6, 6.07) is 42.6. The van der Waals surface area contributed by atoms with E-state index in [0.29, 0.717) is 12.2 Å². The highest BCUT2D eigenvalue weighted by Crippen LogP contribution is 2.59. The summed E-state index contributed by atoms with van der Waals surface area (Å²) in [6.45, 7) is 0. The van der Waals surface area contributed by atoms with Crippen LogP contribution in [-0.4, -0.2) is 22.0 Å². The van der Waals surface area contributed by atoms with Crippen molar-refractivity contribution in [2.45, 2.75) is 25.4 Å². The number of unbranched alkanes of at least 4 members (excludes halogenated alkanes) is 1. The lowest BCUT2D eigenvalue weighted by molar-refractivity contribution is -0.116. The predicted octanol–water partition coefficient (Wildman–Crippen LogP) is 7.12. The lowest BCUT2D eigenvalue weighted by Crippen LogP contribution is -2.26. The van der Waals surface area contributed by atoms with Crippen LogP contribution in [0.4, 0.5) is 5.82 Å². The third kappa shape index (κ3) is 6.85.